The monoisotopic (exact) mass is 280 g/mol. The number of nitrogens with zero attached hydrogens (tertiary/aromatic N) is 1. The molecule has 0 bridgehead atoms. The number of nitrogens with one attached hydrogen (secondary N) is 1. The summed E-state index contributed by atoms with van der Waals surface area (Å²) in [6.45, 7) is 5.99. The molecule has 104 valence electrons. The number of likely N-dealkylation sites (N-methyl/N-ethyl adjacent to an activating group) is 1. The quantitative estimate of drug-likeness (QED) is 0.897. The molecule has 1 aliphatic carbocycles. The summed E-state index contributed by atoms with van der Waals surface area (Å²) in [6.07, 6.45) is 1.94. The van der Waals surface area contributed by atoms with Gasteiger partial charge < -0.3 is 10.2 Å². The van der Waals surface area contributed by atoms with Crippen molar-refractivity contribution in [2.24, 2.45) is 0 Å². The molecule has 0 heterocycles. The van der Waals surface area contributed by atoms with Crippen LogP contribution in [0, 0.1) is 0 Å². The van der Waals surface area contributed by atoms with Crippen molar-refractivity contribution in [2.75, 3.05) is 19.6 Å². The molecule has 1 aromatic carbocycles. The van der Waals surface area contributed by atoms with Crippen LogP contribution >= 0.6 is 11.6 Å². The summed E-state index contributed by atoms with van der Waals surface area (Å²) < 4.78 is 0. The van der Waals surface area contributed by atoms with Gasteiger partial charge in [0.1, 0.15) is 0 Å². The minimum Gasteiger partial charge on any atom is -0.342 e. The maximum absolute atomic E-state index is 11.9. The molecule has 0 radical (unpaired) electrons. The zero-order valence-corrected chi connectivity index (χ0v) is 12.3. The highest BCUT2D eigenvalue weighted by atomic mass is 35.5. The van der Waals surface area contributed by atoms with Gasteiger partial charge in [0.15, 0.2) is 0 Å². The van der Waals surface area contributed by atoms with Crippen molar-refractivity contribution in [3.63, 3.8) is 0 Å². The standard InChI is InChI=1S/C15H21ClN2O/c1-3-18(4-2)15(19)10-17-14-8-11-5-6-13(16)7-12(11)9-14/h5-7,14,17H,3-4,8-10H2,1-2H3. The van der Waals surface area contributed by atoms with Gasteiger partial charge in [0, 0.05) is 24.2 Å². The largest absolute Gasteiger partial charge is 0.342 e. The van der Waals surface area contributed by atoms with E-state index in [-0.39, 0.29) is 5.91 Å². The fourth-order valence-electron chi connectivity index (χ4n) is 2.65. The van der Waals surface area contributed by atoms with Crippen LogP contribution in [0.15, 0.2) is 18.2 Å². The zero-order valence-electron chi connectivity index (χ0n) is 11.6. The van der Waals surface area contributed by atoms with E-state index >= 15 is 0 Å². The lowest BCUT2D eigenvalue weighted by atomic mass is 10.1. The number of fused-ring (bicyclic) bond motifs is 1. The number of rotatable bonds is 5. The fraction of sp³-hybridized carbons (Fsp3) is 0.533. The molecule has 1 unspecified atom stereocenters. The maximum atomic E-state index is 11.9. The number of carbonyl (C=O) groups excluding carboxylic acids is 1. The number of benzene rings is 1. The second-order valence-electron chi connectivity index (χ2n) is 4.97. The van der Waals surface area contributed by atoms with Crippen LogP contribution in [-0.4, -0.2) is 36.5 Å². The summed E-state index contributed by atoms with van der Waals surface area (Å²) in [4.78, 5) is 13.8. The molecule has 1 atom stereocenters. The van der Waals surface area contributed by atoms with Crippen molar-refractivity contribution in [3.05, 3.63) is 34.3 Å². The Morgan fingerprint density at radius 3 is 2.68 bits per heavy atom. The molecular formula is C15H21ClN2O. The Labute approximate surface area is 119 Å². The average molecular weight is 281 g/mol. The van der Waals surface area contributed by atoms with Crippen LogP contribution < -0.4 is 5.32 Å². The molecule has 1 aromatic rings. The van der Waals surface area contributed by atoms with Gasteiger partial charge in [-0.15, -0.1) is 0 Å². The molecule has 0 saturated heterocycles. The molecule has 0 saturated carbocycles. The van der Waals surface area contributed by atoms with Gasteiger partial charge in [-0.05, 0) is 49.9 Å². The molecule has 2 rings (SSSR count). The van der Waals surface area contributed by atoms with Crippen molar-refractivity contribution in [2.45, 2.75) is 32.7 Å². The SMILES string of the molecule is CCN(CC)C(=O)CNC1Cc2ccc(Cl)cc2C1. The van der Waals surface area contributed by atoms with Crippen molar-refractivity contribution >= 4 is 17.5 Å². The lowest BCUT2D eigenvalue weighted by Crippen LogP contribution is -2.41. The lowest BCUT2D eigenvalue weighted by molar-refractivity contribution is -0.129. The van der Waals surface area contributed by atoms with Crippen LogP contribution in [0.4, 0.5) is 0 Å². The fourth-order valence-corrected chi connectivity index (χ4v) is 2.85. The third kappa shape index (κ3) is 3.48. The van der Waals surface area contributed by atoms with Gasteiger partial charge in [0.05, 0.1) is 6.54 Å². The minimum atomic E-state index is 0.180. The Bertz CT molecular complexity index is 457. The van der Waals surface area contributed by atoms with Gasteiger partial charge >= 0.3 is 0 Å². The third-order valence-electron chi connectivity index (χ3n) is 3.76. The van der Waals surface area contributed by atoms with Crippen molar-refractivity contribution in [1.82, 2.24) is 10.2 Å². The van der Waals surface area contributed by atoms with E-state index in [0.29, 0.717) is 12.6 Å². The normalized spacial score (nSPS) is 17.3. The van der Waals surface area contributed by atoms with Crippen LogP contribution in [0.5, 0.6) is 0 Å². The molecule has 1 amide bonds. The first kappa shape index (κ1) is 14.4. The molecule has 0 aliphatic heterocycles. The number of amides is 1. The van der Waals surface area contributed by atoms with Gasteiger partial charge in [0.25, 0.3) is 0 Å². The van der Waals surface area contributed by atoms with Crippen molar-refractivity contribution < 1.29 is 4.79 Å². The first-order valence-electron chi connectivity index (χ1n) is 6.92. The van der Waals surface area contributed by atoms with Crippen LogP contribution in [0.2, 0.25) is 5.02 Å². The zero-order chi connectivity index (χ0) is 13.8. The van der Waals surface area contributed by atoms with Crippen LogP contribution in [-0.2, 0) is 17.6 Å². The molecule has 4 heteroatoms. The topological polar surface area (TPSA) is 32.3 Å². The van der Waals surface area contributed by atoms with Gasteiger partial charge in [-0.3, -0.25) is 4.79 Å². The predicted molar refractivity (Wildman–Crippen MR) is 78.6 cm³/mol. The maximum Gasteiger partial charge on any atom is 0.236 e. The van der Waals surface area contributed by atoms with Crippen LogP contribution in [0.3, 0.4) is 0 Å². The van der Waals surface area contributed by atoms with Gasteiger partial charge in [-0.1, -0.05) is 17.7 Å². The summed E-state index contributed by atoms with van der Waals surface area (Å²) in [7, 11) is 0. The van der Waals surface area contributed by atoms with E-state index in [1.54, 1.807) is 0 Å². The van der Waals surface area contributed by atoms with E-state index in [4.69, 9.17) is 11.6 Å². The van der Waals surface area contributed by atoms with Crippen molar-refractivity contribution in [1.29, 1.82) is 0 Å². The summed E-state index contributed by atoms with van der Waals surface area (Å²) in [6, 6.07) is 6.41. The van der Waals surface area contributed by atoms with Gasteiger partial charge in [-0.25, -0.2) is 0 Å². The predicted octanol–water partition coefficient (Wildman–Crippen LogP) is 2.27. The Kier molecular flexibility index (Phi) is 4.83. The van der Waals surface area contributed by atoms with Crippen LogP contribution in [0.1, 0.15) is 25.0 Å². The first-order valence-corrected chi connectivity index (χ1v) is 7.30. The van der Waals surface area contributed by atoms with E-state index in [1.165, 1.54) is 11.1 Å². The number of hydrogen-bond donors (Lipinski definition) is 1. The second kappa shape index (κ2) is 6.40. The van der Waals surface area contributed by atoms with E-state index in [1.807, 2.05) is 30.9 Å². The van der Waals surface area contributed by atoms with E-state index in [2.05, 4.69) is 11.4 Å². The smallest absolute Gasteiger partial charge is 0.236 e. The van der Waals surface area contributed by atoms with Crippen LogP contribution in [0.25, 0.3) is 0 Å². The highest BCUT2D eigenvalue weighted by Gasteiger charge is 2.22. The molecule has 0 fully saturated rings. The Balaban J connectivity index is 1.85. The molecule has 1 aliphatic rings. The third-order valence-corrected chi connectivity index (χ3v) is 3.99. The molecule has 0 spiro atoms. The highest BCUT2D eigenvalue weighted by Crippen LogP contribution is 2.25. The second-order valence-corrected chi connectivity index (χ2v) is 5.40. The molecule has 19 heavy (non-hydrogen) atoms. The Morgan fingerprint density at radius 1 is 1.32 bits per heavy atom. The Morgan fingerprint density at radius 2 is 2.00 bits per heavy atom. The molecular weight excluding hydrogens is 260 g/mol. The van der Waals surface area contributed by atoms with E-state index in [0.717, 1.165) is 31.0 Å². The number of carbonyl (C=O) groups is 1. The minimum absolute atomic E-state index is 0.180. The first-order chi connectivity index (χ1) is 9.13. The Hall–Kier alpha value is -1.06. The summed E-state index contributed by atoms with van der Waals surface area (Å²) in [5.74, 6) is 0.180. The van der Waals surface area contributed by atoms with Gasteiger partial charge in [-0.2, -0.15) is 0 Å². The molecule has 1 N–H and O–H groups in total. The highest BCUT2D eigenvalue weighted by molar-refractivity contribution is 6.30. The van der Waals surface area contributed by atoms with E-state index in [9.17, 15) is 4.79 Å². The number of hydrogen-bond acceptors (Lipinski definition) is 2. The van der Waals surface area contributed by atoms with Crippen molar-refractivity contribution in [3.8, 4) is 0 Å². The summed E-state index contributed by atoms with van der Waals surface area (Å²) in [5.41, 5.74) is 2.65. The van der Waals surface area contributed by atoms with E-state index < -0.39 is 0 Å². The summed E-state index contributed by atoms with van der Waals surface area (Å²) >= 11 is 6.00. The summed E-state index contributed by atoms with van der Waals surface area (Å²) in [5, 5.41) is 4.15. The molecule has 3 nitrogen and oxygen atoms in total. The number of halogens is 1. The van der Waals surface area contributed by atoms with Gasteiger partial charge in [0.2, 0.25) is 5.91 Å². The molecule has 0 aromatic heterocycles. The average Bonchev–Trinajstić information content (AvgIpc) is 2.79. The lowest BCUT2D eigenvalue weighted by Gasteiger charge is -2.20.